The van der Waals surface area contributed by atoms with E-state index in [0.29, 0.717) is 5.82 Å². The van der Waals surface area contributed by atoms with Crippen LogP contribution in [0.2, 0.25) is 0 Å². The van der Waals surface area contributed by atoms with Crippen LogP contribution in [-0.2, 0) is 63.2 Å². The Morgan fingerprint density at radius 3 is 0.906 bits per heavy atom. The van der Waals surface area contributed by atoms with Crippen LogP contribution in [0.3, 0.4) is 0 Å². The van der Waals surface area contributed by atoms with E-state index >= 15 is 0 Å². The van der Waals surface area contributed by atoms with Gasteiger partial charge in [-0.1, -0.05) is 196 Å². The van der Waals surface area contributed by atoms with Crippen LogP contribution in [0.4, 0.5) is 0 Å². The first-order chi connectivity index (χ1) is 55.5. The maximum Gasteiger partial charge on any atom is 0.0600 e. The van der Waals surface area contributed by atoms with Gasteiger partial charge in [0.1, 0.15) is 0 Å². The molecular formula is C101H86N13Pt3-9. The molecule has 6 aromatic heterocycles. The number of rotatable bonds is 12. The summed E-state index contributed by atoms with van der Waals surface area (Å²) in [5.41, 5.74) is 35.7. The molecule has 12 aromatic carbocycles. The molecule has 16 heteroatoms. The molecule has 117 heavy (non-hydrogen) atoms. The van der Waals surface area contributed by atoms with E-state index in [1.54, 1.807) is 18.6 Å². The minimum absolute atomic E-state index is 0. The Morgan fingerprint density at radius 1 is 0.299 bits per heavy atom. The topological polar surface area (TPSA) is 147 Å². The van der Waals surface area contributed by atoms with E-state index in [1.807, 2.05) is 108 Å². The van der Waals surface area contributed by atoms with E-state index in [1.165, 1.54) is 113 Å². The summed E-state index contributed by atoms with van der Waals surface area (Å²) in [7, 11) is 0. The molecule has 0 aliphatic rings. The molecule has 0 aliphatic carbocycles. The number of imidazole rings is 2. The molecule has 594 valence electrons. The van der Waals surface area contributed by atoms with Gasteiger partial charge in [-0.2, -0.15) is 75.5 Å². The predicted octanol–water partition coefficient (Wildman–Crippen LogP) is 22.6. The van der Waals surface area contributed by atoms with Crippen LogP contribution in [0, 0.1) is 119 Å². The van der Waals surface area contributed by atoms with E-state index in [0.717, 1.165) is 79.4 Å². The van der Waals surface area contributed by atoms with Crippen molar-refractivity contribution in [2.45, 2.75) is 83.1 Å². The molecule has 0 aliphatic heterocycles. The Kier molecular flexibility index (Phi) is 31.3. The smallest absolute Gasteiger partial charge is 0.0600 e. The Labute approximate surface area is 730 Å². The van der Waals surface area contributed by atoms with Gasteiger partial charge >= 0.3 is 0 Å². The maximum atomic E-state index is 4.55. The number of benzene rings is 12. The molecule has 13 nitrogen and oxygen atoms in total. The molecule has 0 amide bonds. The van der Waals surface area contributed by atoms with Crippen molar-refractivity contribution in [1.82, 2.24) is 64.5 Å². The van der Waals surface area contributed by atoms with Crippen molar-refractivity contribution in [2.24, 2.45) is 0 Å². The van der Waals surface area contributed by atoms with E-state index in [4.69, 9.17) is 0 Å². The molecule has 0 bridgehead atoms. The Hall–Kier alpha value is -12.1. The fourth-order valence-corrected chi connectivity index (χ4v) is 14.1. The van der Waals surface area contributed by atoms with Crippen molar-refractivity contribution in [3.63, 3.8) is 0 Å². The molecule has 0 N–H and O–H groups in total. The number of aryl methyl sites for hydroxylation is 12. The van der Waals surface area contributed by atoms with Crippen molar-refractivity contribution >= 4 is 0 Å². The van der Waals surface area contributed by atoms with Gasteiger partial charge in [-0.15, -0.1) is 161 Å². The zero-order valence-corrected chi connectivity index (χ0v) is 73.9. The minimum Gasteiger partial charge on any atom is -0.490 e. The normalized spacial score (nSPS) is 10.4. The standard InChI is InChI=1S/3C25H23N2.2C9H6N2.C8H5N3.3Pt/c3*1-17-14-23(21-8-6-5-7-9-21)15-18(2)25(17)22-10-12-24(13-11-22)27-20(4)16-19(3)26-27;1-2-4-8(5-3-1)9-6-10-7-11-9;1-2-4-8(5-3-1)9-10-6-7-11-9;1-2-4-7(5-3-1)8-9-6-10-11-8;;;/h3*5-12,14-16H,1-4H3;2*1-4,6-7H;1-4,6H;;;/q3*-1;3*-2;;;. The second-order valence-corrected chi connectivity index (χ2v) is 27.9. The molecule has 0 saturated carbocycles. The molecule has 0 fully saturated rings. The number of hydrogen-bond acceptors (Lipinski definition) is 7. The number of hydrogen-bond donors (Lipinski definition) is 0. The number of aromatic nitrogens is 13. The van der Waals surface area contributed by atoms with Crippen molar-refractivity contribution in [3.05, 3.63) is 408 Å². The maximum absolute atomic E-state index is 4.55. The first-order valence-electron chi connectivity index (χ1n) is 37.7. The quantitative estimate of drug-likeness (QED) is 0.108. The largest absolute Gasteiger partial charge is 0.490 e. The van der Waals surface area contributed by atoms with E-state index in [9.17, 15) is 0 Å². The van der Waals surface area contributed by atoms with E-state index in [-0.39, 0.29) is 63.2 Å². The summed E-state index contributed by atoms with van der Waals surface area (Å²) in [6.45, 7) is 25.3. The molecule has 18 aromatic rings. The van der Waals surface area contributed by atoms with Gasteiger partial charge in [0.15, 0.2) is 0 Å². The van der Waals surface area contributed by atoms with Crippen molar-refractivity contribution in [1.29, 1.82) is 0 Å². The average Bonchev–Trinajstić information content (AvgIpc) is 1.36. The van der Waals surface area contributed by atoms with Gasteiger partial charge in [0.25, 0.3) is 0 Å². The van der Waals surface area contributed by atoms with E-state index < -0.39 is 0 Å². The second-order valence-electron chi connectivity index (χ2n) is 27.9. The summed E-state index contributed by atoms with van der Waals surface area (Å²) in [4.78, 5) is 19.9. The van der Waals surface area contributed by atoms with Gasteiger partial charge in [-0.25, -0.2) is 0 Å². The van der Waals surface area contributed by atoms with Crippen LogP contribution in [0.25, 0.3) is 118 Å². The molecular weight excluding hydrogens is 1980 g/mol. The Balaban J connectivity index is 0.000000153. The third kappa shape index (κ3) is 22.5. The summed E-state index contributed by atoms with van der Waals surface area (Å²) in [6.07, 6.45) is 8.05. The van der Waals surface area contributed by atoms with Crippen LogP contribution >= 0.6 is 0 Å². The van der Waals surface area contributed by atoms with Gasteiger partial charge < -0.3 is 35.1 Å². The molecule has 0 spiro atoms. The van der Waals surface area contributed by atoms with Crippen LogP contribution in [-0.4, -0.2) is 49.5 Å². The summed E-state index contributed by atoms with van der Waals surface area (Å²) in [5, 5.41) is 21.1. The van der Waals surface area contributed by atoms with E-state index in [2.05, 4.69) is 349 Å². The summed E-state index contributed by atoms with van der Waals surface area (Å²) < 4.78 is 5.83. The fraction of sp³-hybridized carbons (Fsp3) is 0.119. The molecule has 6 heterocycles. The Morgan fingerprint density at radius 2 is 0.641 bits per heavy atom. The molecule has 18 rings (SSSR count). The zero-order chi connectivity index (χ0) is 79.5. The molecule has 0 atom stereocenters. The van der Waals surface area contributed by atoms with Gasteiger partial charge in [-0.3, -0.25) is 14.0 Å². The first-order valence-corrected chi connectivity index (χ1v) is 37.7. The average molecular weight is 2070 g/mol. The van der Waals surface area contributed by atoms with Gasteiger partial charge in [0.2, 0.25) is 0 Å². The van der Waals surface area contributed by atoms with Crippen LogP contribution in [0.15, 0.2) is 304 Å². The number of nitrogens with zero attached hydrogens (tertiary/aromatic N) is 13. The van der Waals surface area contributed by atoms with Crippen molar-refractivity contribution in [2.75, 3.05) is 0 Å². The summed E-state index contributed by atoms with van der Waals surface area (Å²) >= 11 is 0. The zero-order valence-electron chi connectivity index (χ0n) is 67.1. The Bertz CT molecular complexity index is 5390. The third-order valence-corrected chi connectivity index (χ3v) is 19.1. The van der Waals surface area contributed by atoms with Gasteiger partial charge in [0.05, 0.1) is 17.1 Å². The van der Waals surface area contributed by atoms with Gasteiger partial charge in [-0.05, 0) is 158 Å². The SMILES string of the molecule is Cc1cc(C)n(-c2[c-]cc(-c3c(C)cc(-c4ccccc4)cc3C)cc2)n1.Cc1cc(C)n(-c2[c-]cc(-c3c(C)cc(-c4ccccc4)cc3C)cc2)n1.Cc1cc(C)n(-c2[c-]cc(-c3c(C)cc(-c4ccccc4)cc3C)cc2)n1.[Pt].[Pt].[Pt].[c-]1ccccc1-c1cnc[n-]1.[c-]1ccccc1-c1ncc[n-]1.[c-]1ccccc1-c1nnc[n-]1. The third-order valence-electron chi connectivity index (χ3n) is 19.1. The first kappa shape index (κ1) is 87.3. The van der Waals surface area contributed by atoms with Gasteiger partial charge in [0, 0.05) is 80.3 Å². The molecule has 0 radical (unpaired) electrons. The van der Waals surface area contributed by atoms with Crippen LogP contribution < -0.4 is 15.0 Å². The predicted molar refractivity (Wildman–Crippen MR) is 460 cm³/mol. The minimum atomic E-state index is 0. The van der Waals surface area contributed by atoms with Crippen LogP contribution in [0.1, 0.15) is 67.5 Å². The molecule has 0 unspecified atom stereocenters. The fourth-order valence-electron chi connectivity index (χ4n) is 14.1. The van der Waals surface area contributed by atoms with Crippen LogP contribution in [0.5, 0.6) is 0 Å². The second kappa shape index (κ2) is 42.0. The summed E-state index contributed by atoms with van der Waals surface area (Å²) in [5.74, 6) is 1.37. The monoisotopic (exact) mass is 2070 g/mol. The summed E-state index contributed by atoms with van der Waals surface area (Å²) in [6, 6.07) is 113. The van der Waals surface area contributed by atoms with Crippen molar-refractivity contribution < 1.29 is 63.2 Å². The van der Waals surface area contributed by atoms with Crippen molar-refractivity contribution in [3.8, 4) is 118 Å². The molecule has 0 saturated heterocycles.